The molecule has 0 aliphatic heterocycles. The van der Waals surface area contributed by atoms with Crippen molar-refractivity contribution in [1.29, 1.82) is 0 Å². The topological polar surface area (TPSA) is 63.7 Å². The third-order valence-corrected chi connectivity index (χ3v) is 5.67. The van der Waals surface area contributed by atoms with Crippen molar-refractivity contribution in [2.45, 2.75) is 39.8 Å². The van der Waals surface area contributed by atoms with E-state index >= 15 is 0 Å². The van der Waals surface area contributed by atoms with E-state index < -0.39 is 10.1 Å². The zero-order chi connectivity index (χ0) is 20.0. The van der Waals surface area contributed by atoms with Crippen LogP contribution in [0.2, 0.25) is 5.02 Å². The largest absolute Gasteiger partial charge is 0.382 e. The molecule has 0 aliphatic carbocycles. The lowest BCUT2D eigenvalue weighted by Gasteiger charge is -2.29. The average molecular weight is 410 g/mol. The smallest absolute Gasteiger partial charge is 0.308 e. The predicted molar refractivity (Wildman–Crippen MR) is 108 cm³/mol. The molecule has 2 aromatic rings. The molecule has 1 atom stereocenters. The van der Waals surface area contributed by atoms with E-state index in [0.29, 0.717) is 17.1 Å². The lowest BCUT2D eigenvalue weighted by Crippen LogP contribution is -2.37. The van der Waals surface area contributed by atoms with Gasteiger partial charge in [-0.15, -0.1) is 0 Å². The number of hydrogen-bond donors (Lipinski definition) is 0. The molecule has 146 valence electrons. The summed E-state index contributed by atoms with van der Waals surface area (Å²) in [4.78, 5) is 14.8. The molecule has 1 amide bonds. The van der Waals surface area contributed by atoms with Gasteiger partial charge in [0.1, 0.15) is 5.75 Å². The van der Waals surface area contributed by atoms with E-state index in [2.05, 4.69) is 0 Å². The molecule has 0 aromatic heterocycles. The van der Waals surface area contributed by atoms with Crippen LogP contribution in [0.25, 0.3) is 0 Å². The SMILES string of the molecule is CC[C@H](C)N(Cc1cccc(OS(=O)(=O)CC)c1)C(=O)c1cccc(Cl)c1. The van der Waals surface area contributed by atoms with E-state index in [1.54, 1.807) is 47.4 Å². The maximum atomic E-state index is 13.0. The highest BCUT2D eigenvalue weighted by atomic mass is 35.5. The van der Waals surface area contributed by atoms with Crippen LogP contribution in [0.1, 0.15) is 43.1 Å². The first-order chi connectivity index (χ1) is 12.8. The van der Waals surface area contributed by atoms with Crippen LogP contribution in [0.4, 0.5) is 0 Å². The van der Waals surface area contributed by atoms with Crippen molar-refractivity contribution < 1.29 is 17.4 Å². The van der Waals surface area contributed by atoms with Gasteiger partial charge in [-0.25, -0.2) is 0 Å². The maximum absolute atomic E-state index is 13.0. The van der Waals surface area contributed by atoms with Crippen LogP contribution in [-0.4, -0.2) is 31.0 Å². The van der Waals surface area contributed by atoms with Crippen molar-refractivity contribution in [3.05, 3.63) is 64.7 Å². The van der Waals surface area contributed by atoms with Gasteiger partial charge < -0.3 is 9.08 Å². The number of halogens is 1. The van der Waals surface area contributed by atoms with E-state index in [0.717, 1.165) is 12.0 Å². The van der Waals surface area contributed by atoms with Gasteiger partial charge in [-0.05, 0) is 56.2 Å². The standard InChI is InChI=1S/C20H24ClNO4S/c1-4-15(3)22(20(23)17-9-7-10-18(21)13-17)14-16-8-6-11-19(12-16)26-27(24,25)5-2/h6-13,15H,4-5,14H2,1-3H3/t15-/m0/s1. The fourth-order valence-corrected chi connectivity index (χ4v) is 3.24. The highest BCUT2D eigenvalue weighted by Gasteiger charge is 2.21. The van der Waals surface area contributed by atoms with Crippen LogP contribution in [0, 0.1) is 0 Å². The second kappa shape index (κ2) is 9.24. The van der Waals surface area contributed by atoms with E-state index in [1.807, 2.05) is 19.9 Å². The molecule has 2 rings (SSSR count). The highest BCUT2D eigenvalue weighted by molar-refractivity contribution is 7.87. The normalized spacial score (nSPS) is 12.4. The monoisotopic (exact) mass is 409 g/mol. The third-order valence-electron chi connectivity index (χ3n) is 4.28. The molecular formula is C20H24ClNO4S. The Morgan fingerprint density at radius 2 is 1.85 bits per heavy atom. The molecule has 0 saturated heterocycles. The zero-order valence-corrected chi connectivity index (χ0v) is 17.3. The molecule has 7 heteroatoms. The summed E-state index contributed by atoms with van der Waals surface area (Å²) in [5, 5.41) is 0.505. The lowest BCUT2D eigenvalue weighted by molar-refractivity contribution is 0.0671. The Labute approximate surface area is 166 Å². The van der Waals surface area contributed by atoms with Crippen LogP contribution >= 0.6 is 11.6 Å². The quantitative estimate of drug-likeness (QED) is 0.602. The summed E-state index contributed by atoms with van der Waals surface area (Å²) in [6.07, 6.45) is 0.784. The van der Waals surface area contributed by atoms with Crippen molar-refractivity contribution >= 4 is 27.6 Å². The third kappa shape index (κ3) is 5.97. The number of amides is 1. The number of benzene rings is 2. The van der Waals surface area contributed by atoms with Gasteiger partial charge in [-0.2, -0.15) is 8.42 Å². The Balaban J connectivity index is 2.28. The Morgan fingerprint density at radius 3 is 2.48 bits per heavy atom. The van der Waals surface area contributed by atoms with Gasteiger partial charge in [-0.3, -0.25) is 4.79 Å². The first-order valence-corrected chi connectivity index (χ1v) is 10.8. The zero-order valence-electron chi connectivity index (χ0n) is 15.7. The maximum Gasteiger partial charge on any atom is 0.308 e. The number of hydrogen-bond acceptors (Lipinski definition) is 4. The van der Waals surface area contributed by atoms with Crippen LogP contribution in [0.3, 0.4) is 0 Å². The molecule has 0 unspecified atom stereocenters. The summed E-state index contributed by atoms with van der Waals surface area (Å²) in [7, 11) is -3.60. The first-order valence-electron chi connectivity index (χ1n) is 8.83. The van der Waals surface area contributed by atoms with E-state index in [4.69, 9.17) is 15.8 Å². The van der Waals surface area contributed by atoms with Crippen molar-refractivity contribution in [2.24, 2.45) is 0 Å². The molecule has 0 heterocycles. The van der Waals surface area contributed by atoms with Gasteiger partial charge >= 0.3 is 10.1 Å². The molecule has 0 bridgehead atoms. The number of rotatable bonds is 8. The summed E-state index contributed by atoms with van der Waals surface area (Å²) in [5.74, 6) is 0.0109. The Bertz CT molecular complexity index is 898. The predicted octanol–water partition coefficient (Wildman–Crippen LogP) is 4.51. The van der Waals surface area contributed by atoms with Crippen LogP contribution in [0.15, 0.2) is 48.5 Å². The van der Waals surface area contributed by atoms with Gasteiger partial charge in [0, 0.05) is 23.2 Å². The average Bonchev–Trinajstić information content (AvgIpc) is 2.65. The molecular weight excluding hydrogens is 386 g/mol. The van der Waals surface area contributed by atoms with Gasteiger partial charge in [0.05, 0.1) is 5.75 Å². The highest BCUT2D eigenvalue weighted by Crippen LogP contribution is 2.21. The second-order valence-corrected chi connectivity index (χ2v) is 8.57. The molecule has 0 fully saturated rings. The minimum atomic E-state index is -3.60. The summed E-state index contributed by atoms with van der Waals surface area (Å²) in [6.45, 7) is 5.85. The molecule has 0 N–H and O–H groups in total. The van der Waals surface area contributed by atoms with E-state index in [9.17, 15) is 13.2 Å². The minimum Gasteiger partial charge on any atom is -0.382 e. The fraction of sp³-hybridized carbons (Fsp3) is 0.350. The van der Waals surface area contributed by atoms with Gasteiger partial charge in [-0.1, -0.05) is 36.7 Å². The van der Waals surface area contributed by atoms with E-state index in [1.165, 1.54) is 6.92 Å². The Morgan fingerprint density at radius 1 is 1.15 bits per heavy atom. The minimum absolute atomic E-state index is 0.000399. The van der Waals surface area contributed by atoms with Crippen LogP contribution in [0.5, 0.6) is 5.75 Å². The molecule has 27 heavy (non-hydrogen) atoms. The van der Waals surface area contributed by atoms with Gasteiger partial charge in [0.15, 0.2) is 0 Å². The molecule has 2 aromatic carbocycles. The molecule has 0 saturated carbocycles. The molecule has 0 spiro atoms. The first kappa shape index (κ1) is 21.3. The van der Waals surface area contributed by atoms with Crippen molar-refractivity contribution in [1.82, 2.24) is 4.90 Å². The van der Waals surface area contributed by atoms with Crippen molar-refractivity contribution in [3.8, 4) is 5.75 Å². The Kier molecular flexibility index (Phi) is 7.27. The van der Waals surface area contributed by atoms with Crippen molar-refractivity contribution in [3.63, 3.8) is 0 Å². The molecule has 5 nitrogen and oxygen atoms in total. The van der Waals surface area contributed by atoms with E-state index in [-0.39, 0.29) is 23.5 Å². The van der Waals surface area contributed by atoms with Crippen LogP contribution < -0.4 is 4.18 Å². The molecule has 0 aliphatic rings. The van der Waals surface area contributed by atoms with Gasteiger partial charge in [0.2, 0.25) is 0 Å². The summed E-state index contributed by atoms with van der Waals surface area (Å²) in [5.41, 5.74) is 1.30. The summed E-state index contributed by atoms with van der Waals surface area (Å²) < 4.78 is 28.4. The summed E-state index contributed by atoms with van der Waals surface area (Å²) >= 11 is 6.02. The number of nitrogens with zero attached hydrogens (tertiary/aromatic N) is 1. The summed E-state index contributed by atoms with van der Waals surface area (Å²) in [6, 6.07) is 13.6. The second-order valence-electron chi connectivity index (χ2n) is 6.28. The van der Waals surface area contributed by atoms with Gasteiger partial charge in [0.25, 0.3) is 5.91 Å². The number of carbonyl (C=O) groups excluding carboxylic acids is 1. The molecule has 0 radical (unpaired) electrons. The number of carbonyl (C=O) groups is 1. The fourth-order valence-electron chi connectivity index (χ4n) is 2.53. The Hall–Kier alpha value is -2.05. The van der Waals surface area contributed by atoms with Crippen LogP contribution in [-0.2, 0) is 16.7 Å². The van der Waals surface area contributed by atoms with Crippen molar-refractivity contribution in [2.75, 3.05) is 5.75 Å². The lowest BCUT2D eigenvalue weighted by atomic mass is 10.1.